The third-order valence-electron chi connectivity index (χ3n) is 3.15. The number of allylic oxidation sites excluding steroid dienone is 2. The number of halogens is 1. The van der Waals surface area contributed by atoms with Gasteiger partial charge in [-0.05, 0) is 63.4 Å². The summed E-state index contributed by atoms with van der Waals surface area (Å²) in [5, 5.41) is 0. The first-order valence-corrected chi connectivity index (χ1v) is 9.29. The van der Waals surface area contributed by atoms with E-state index >= 15 is 0 Å². The van der Waals surface area contributed by atoms with Crippen LogP contribution < -0.4 is 0 Å². The number of thioether (sulfide) groups is 1. The Balaban J connectivity index is 3.05. The molecule has 0 saturated heterocycles. The van der Waals surface area contributed by atoms with Gasteiger partial charge in [-0.3, -0.25) is 0 Å². The maximum atomic E-state index is 12.5. The molecule has 0 spiro atoms. The van der Waals surface area contributed by atoms with Crippen molar-refractivity contribution in [3.05, 3.63) is 12.2 Å². The molecule has 0 nitrogen and oxygen atoms in total. The van der Waals surface area contributed by atoms with Gasteiger partial charge in [0.05, 0.1) is 6.17 Å². The molecule has 0 aliphatic rings. The van der Waals surface area contributed by atoms with Gasteiger partial charge in [0.1, 0.15) is 0 Å². The Labute approximate surface area is 124 Å². The molecule has 0 amide bonds. The quantitative estimate of drug-likeness (QED) is 0.258. The standard InChI is InChI=1S/C17H33FS/c1-3-15-19-16-13-11-9-7-5-4-6-8-10-12-14-17(2)18/h5,7,17H,3-4,6,8-16H2,1-2H3/b7-5-. The van der Waals surface area contributed by atoms with E-state index in [0.717, 1.165) is 12.8 Å². The fraction of sp³-hybridized carbons (Fsp3) is 0.882. The van der Waals surface area contributed by atoms with Crippen LogP contribution in [0.1, 0.15) is 78.1 Å². The van der Waals surface area contributed by atoms with Gasteiger partial charge in [-0.15, -0.1) is 0 Å². The van der Waals surface area contributed by atoms with Gasteiger partial charge in [-0.25, -0.2) is 4.39 Å². The molecule has 0 fully saturated rings. The van der Waals surface area contributed by atoms with Crippen LogP contribution in [-0.2, 0) is 0 Å². The van der Waals surface area contributed by atoms with Crippen molar-refractivity contribution in [3.8, 4) is 0 Å². The van der Waals surface area contributed by atoms with E-state index in [1.54, 1.807) is 6.92 Å². The summed E-state index contributed by atoms with van der Waals surface area (Å²) >= 11 is 2.08. The molecule has 0 aliphatic carbocycles. The number of alkyl halides is 1. The van der Waals surface area contributed by atoms with E-state index in [4.69, 9.17) is 0 Å². The van der Waals surface area contributed by atoms with Crippen LogP contribution in [0.3, 0.4) is 0 Å². The van der Waals surface area contributed by atoms with Crippen LogP contribution >= 0.6 is 11.8 Å². The lowest BCUT2D eigenvalue weighted by Gasteiger charge is -2.01. The molecular weight excluding hydrogens is 255 g/mol. The van der Waals surface area contributed by atoms with Gasteiger partial charge >= 0.3 is 0 Å². The van der Waals surface area contributed by atoms with Crippen LogP contribution in [0.5, 0.6) is 0 Å². The van der Waals surface area contributed by atoms with E-state index in [2.05, 4.69) is 30.8 Å². The van der Waals surface area contributed by atoms with Crippen molar-refractivity contribution in [2.24, 2.45) is 0 Å². The maximum Gasteiger partial charge on any atom is 0.0973 e. The van der Waals surface area contributed by atoms with Gasteiger partial charge in [-0.2, -0.15) is 11.8 Å². The normalized spacial score (nSPS) is 13.2. The predicted octanol–water partition coefficient (Wildman–Crippen LogP) is 6.55. The SMILES string of the molecule is CCCSCCCC/C=C\CCCCCCC(C)F. The molecule has 114 valence electrons. The highest BCUT2D eigenvalue weighted by Gasteiger charge is 1.96. The van der Waals surface area contributed by atoms with Crippen LogP contribution in [0.2, 0.25) is 0 Å². The van der Waals surface area contributed by atoms with Crippen LogP contribution in [0, 0.1) is 0 Å². The Kier molecular flexibility index (Phi) is 16.1. The number of unbranched alkanes of at least 4 members (excludes halogenated alkanes) is 6. The second kappa shape index (κ2) is 16.1. The molecule has 0 radical (unpaired) electrons. The van der Waals surface area contributed by atoms with Gasteiger partial charge in [-0.1, -0.05) is 38.3 Å². The minimum absolute atomic E-state index is 0.615. The number of hydrogen-bond donors (Lipinski definition) is 0. The molecule has 0 aromatic heterocycles. The average Bonchev–Trinajstić information content (AvgIpc) is 2.39. The fourth-order valence-corrected chi connectivity index (χ4v) is 2.89. The second-order valence-electron chi connectivity index (χ2n) is 5.35. The molecule has 0 aliphatic heterocycles. The van der Waals surface area contributed by atoms with Crippen LogP contribution in [0.15, 0.2) is 12.2 Å². The van der Waals surface area contributed by atoms with Crippen LogP contribution in [0.25, 0.3) is 0 Å². The molecule has 2 heteroatoms. The lowest BCUT2D eigenvalue weighted by molar-refractivity contribution is 0.330. The smallest absolute Gasteiger partial charge is 0.0973 e. The van der Waals surface area contributed by atoms with Crippen molar-refractivity contribution in [1.29, 1.82) is 0 Å². The summed E-state index contributed by atoms with van der Waals surface area (Å²) in [5.41, 5.74) is 0. The molecule has 0 aromatic rings. The van der Waals surface area contributed by atoms with Crippen molar-refractivity contribution in [3.63, 3.8) is 0 Å². The summed E-state index contributed by atoms with van der Waals surface area (Å²) in [7, 11) is 0. The van der Waals surface area contributed by atoms with E-state index < -0.39 is 6.17 Å². The maximum absolute atomic E-state index is 12.5. The minimum atomic E-state index is -0.615. The Morgan fingerprint density at radius 1 is 0.895 bits per heavy atom. The van der Waals surface area contributed by atoms with Gasteiger partial charge < -0.3 is 0 Å². The molecule has 0 N–H and O–H groups in total. The molecule has 0 aromatic carbocycles. The Bertz CT molecular complexity index is 190. The van der Waals surface area contributed by atoms with Gasteiger partial charge in [0.25, 0.3) is 0 Å². The number of hydrogen-bond acceptors (Lipinski definition) is 1. The summed E-state index contributed by atoms with van der Waals surface area (Å²) in [6.45, 7) is 3.90. The van der Waals surface area contributed by atoms with Crippen molar-refractivity contribution >= 4 is 11.8 Å². The zero-order valence-corrected chi connectivity index (χ0v) is 13.8. The van der Waals surface area contributed by atoms with Crippen molar-refractivity contribution in [2.45, 2.75) is 84.2 Å². The molecule has 0 rings (SSSR count). The molecule has 19 heavy (non-hydrogen) atoms. The molecule has 1 unspecified atom stereocenters. The Hall–Kier alpha value is 0.0200. The average molecular weight is 289 g/mol. The highest BCUT2D eigenvalue weighted by Crippen LogP contribution is 2.10. The number of rotatable bonds is 14. The second-order valence-corrected chi connectivity index (χ2v) is 6.58. The molecule has 1 atom stereocenters. The van der Waals surface area contributed by atoms with Crippen LogP contribution in [0.4, 0.5) is 4.39 Å². The molecular formula is C17H33FS. The summed E-state index contributed by atoms with van der Waals surface area (Å²) in [5.74, 6) is 2.64. The van der Waals surface area contributed by atoms with Gasteiger partial charge in [0.15, 0.2) is 0 Å². The zero-order chi connectivity index (χ0) is 14.2. The lowest BCUT2D eigenvalue weighted by Crippen LogP contribution is -1.91. The van der Waals surface area contributed by atoms with Crippen molar-refractivity contribution in [1.82, 2.24) is 0 Å². The summed E-state index contributed by atoms with van der Waals surface area (Å²) in [4.78, 5) is 0. The van der Waals surface area contributed by atoms with E-state index in [-0.39, 0.29) is 0 Å². The van der Waals surface area contributed by atoms with Gasteiger partial charge in [0, 0.05) is 0 Å². The van der Waals surface area contributed by atoms with Crippen molar-refractivity contribution < 1.29 is 4.39 Å². The largest absolute Gasteiger partial charge is 0.248 e. The summed E-state index contributed by atoms with van der Waals surface area (Å²) in [6.07, 6.45) is 16.0. The zero-order valence-electron chi connectivity index (χ0n) is 13.0. The van der Waals surface area contributed by atoms with E-state index in [1.165, 1.54) is 62.9 Å². The summed E-state index contributed by atoms with van der Waals surface area (Å²) in [6, 6.07) is 0. The Morgan fingerprint density at radius 3 is 2.16 bits per heavy atom. The molecule has 0 saturated carbocycles. The van der Waals surface area contributed by atoms with Gasteiger partial charge in [0.2, 0.25) is 0 Å². The summed E-state index contributed by atoms with van der Waals surface area (Å²) < 4.78 is 12.5. The van der Waals surface area contributed by atoms with E-state index in [9.17, 15) is 4.39 Å². The molecule has 0 heterocycles. The Morgan fingerprint density at radius 2 is 1.53 bits per heavy atom. The third kappa shape index (κ3) is 18.0. The van der Waals surface area contributed by atoms with E-state index in [0.29, 0.717) is 0 Å². The first-order valence-electron chi connectivity index (χ1n) is 8.14. The van der Waals surface area contributed by atoms with Crippen LogP contribution in [-0.4, -0.2) is 17.7 Å². The minimum Gasteiger partial charge on any atom is -0.248 e. The predicted molar refractivity (Wildman–Crippen MR) is 88.9 cm³/mol. The molecule has 0 bridgehead atoms. The lowest BCUT2D eigenvalue weighted by atomic mass is 10.1. The van der Waals surface area contributed by atoms with Crippen molar-refractivity contribution in [2.75, 3.05) is 11.5 Å². The van der Waals surface area contributed by atoms with E-state index in [1.807, 2.05) is 0 Å². The fourth-order valence-electron chi connectivity index (χ4n) is 1.99. The highest BCUT2D eigenvalue weighted by atomic mass is 32.2. The first kappa shape index (κ1) is 19.0. The third-order valence-corrected chi connectivity index (χ3v) is 4.42. The monoisotopic (exact) mass is 288 g/mol. The topological polar surface area (TPSA) is 0 Å². The first-order chi connectivity index (χ1) is 9.27. The highest BCUT2D eigenvalue weighted by molar-refractivity contribution is 7.99.